The van der Waals surface area contributed by atoms with Crippen molar-refractivity contribution in [2.45, 2.75) is 19.3 Å². The molecule has 1 amide bonds. The first-order chi connectivity index (χ1) is 9.65. The van der Waals surface area contributed by atoms with Gasteiger partial charge in [0.1, 0.15) is 0 Å². The molecule has 0 aliphatic carbocycles. The van der Waals surface area contributed by atoms with Crippen molar-refractivity contribution in [1.82, 2.24) is 4.90 Å². The van der Waals surface area contributed by atoms with E-state index in [1.165, 1.54) is 5.56 Å². The van der Waals surface area contributed by atoms with Gasteiger partial charge in [0.2, 0.25) is 0 Å². The molecule has 0 unspecified atom stereocenters. The van der Waals surface area contributed by atoms with Crippen LogP contribution < -0.4 is 5.32 Å². The third-order valence-corrected chi connectivity index (χ3v) is 4.12. The third kappa shape index (κ3) is 2.35. The van der Waals surface area contributed by atoms with Crippen LogP contribution in [-0.4, -0.2) is 41.5 Å². The maximum Gasteiger partial charge on any atom is 0.308 e. The highest BCUT2D eigenvalue weighted by molar-refractivity contribution is 5.95. The average Bonchev–Trinajstić information content (AvgIpc) is 2.94. The Morgan fingerprint density at radius 3 is 3.00 bits per heavy atom. The Balaban J connectivity index is 1.76. The molecule has 0 aromatic heterocycles. The number of nitrogens with one attached hydrogen (secondary N) is 1. The number of benzene rings is 1. The Labute approximate surface area is 117 Å². The second-order valence-electron chi connectivity index (χ2n) is 5.48. The fourth-order valence-electron chi connectivity index (χ4n) is 2.97. The molecule has 106 valence electrons. The molecular formula is C15H18N2O3. The van der Waals surface area contributed by atoms with Crippen LogP contribution in [0.5, 0.6) is 0 Å². The first-order valence-electron chi connectivity index (χ1n) is 7.04. The monoisotopic (exact) mass is 274 g/mol. The van der Waals surface area contributed by atoms with E-state index in [0.29, 0.717) is 25.1 Å². The molecule has 2 aliphatic heterocycles. The van der Waals surface area contributed by atoms with Crippen molar-refractivity contribution in [3.05, 3.63) is 29.3 Å². The van der Waals surface area contributed by atoms with Crippen molar-refractivity contribution in [3.8, 4) is 0 Å². The Morgan fingerprint density at radius 1 is 1.35 bits per heavy atom. The summed E-state index contributed by atoms with van der Waals surface area (Å²) in [6, 6.07) is 5.72. The maximum atomic E-state index is 12.5. The number of rotatable bonds is 2. The van der Waals surface area contributed by atoms with E-state index in [1.807, 2.05) is 18.2 Å². The van der Waals surface area contributed by atoms with Gasteiger partial charge in [-0.15, -0.1) is 0 Å². The number of carboxylic acid groups (broad SMARTS) is 1. The number of likely N-dealkylation sites (tertiary alicyclic amines) is 1. The van der Waals surface area contributed by atoms with Crippen LogP contribution in [0.1, 0.15) is 28.8 Å². The van der Waals surface area contributed by atoms with E-state index in [0.717, 1.165) is 25.1 Å². The standard InChI is InChI=1S/C15H18N2O3/c18-14(17-7-1-2-12(9-17)15(19)20)11-4-3-10-5-6-16-13(10)8-11/h3-4,8,12,16H,1-2,5-7,9H2,(H,19,20)/t12-/m1/s1. The fraction of sp³-hybridized carbons (Fsp3) is 0.467. The number of nitrogens with zero attached hydrogens (tertiary/aromatic N) is 1. The predicted molar refractivity (Wildman–Crippen MR) is 74.9 cm³/mol. The zero-order valence-electron chi connectivity index (χ0n) is 11.3. The van der Waals surface area contributed by atoms with Crippen molar-refractivity contribution in [1.29, 1.82) is 0 Å². The highest BCUT2D eigenvalue weighted by atomic mass is 16.4. The molecule has 1 aromatic carbocycles. The normalized spacial score (nSPS) is 21.2. The molecule has 2 N–H and O–H groups in total. The molecule has 20 heavy (non-hydrogen) atoms. The molecule has 1 aromatic rings. The number of carbonyl (C=O) groups is 2. The zero-order chi connectivity index (χ0) is 14.1. The quantitative estimate of drug-likeness (QED) is 0.859. The highest BCUT2D eigenvalue weighted by Crippen LogP contribution is 2.25. The van der Waals surface area contributed by atoms with Crippen molar-refractivity contribution in [2.24, 2.45) is 5.92 Å². The van der Waals surface area contributed by atoms with Crippen molar-refractivity contribution in [3.63, 3.8) is 0 Å². The summed E-state index contributed by atoms with van der Waals surface area (Å²) in [6.07, 6.45) is 2.41. The zero-order valence-corrected chi connectivity index (χ0v) is 11.3. The van der Waals surface area contributed by atoms with Crippen LogP contribution in [0.2, 0.25) is 0 Å². The SMILES string of the molecule is O=C(O)[C@@H]1CCCN(C(=O)c2ccc3c(c2)NCC3)C1. The minimum atomic E-state index is -0.807. The number of hydrogen-bond donors (Lipinski definition) is 2. The molecule has 1 fully saturated rings. The van der Waals surface area contributed by atoms with E-state index in [4.69, 9.17) is 5.11 Å². The lowest BCUT2D eigenvalue weighted by atomic mass is 9.97. The fourth-order valence-corrected chi connectivity index (χ4v) is 2.97. The van der Waals surface area contributed by atoms with Gasteiger partial charge in [0.15, 0.2) is 0 Å². The van der Waals surface area contributed by atoms with Gasteiger partial charge in [0.25, 0.3) is 5.91 Å². The van der Waals surface area contributed by atoms with Crippen LogP contribution in [0, 0.1) is 5.92 Å². The molecule has 2 heterocycles. The molecule has 1 atom stereocenters. The number of amides is 1. The molecule has 5 nitrogen and oxygen atoms in total. The van der Waals surface area contributed by atoms with E-state index in [1.54, 1.807) is 4.90 Å². The molecule has 5 heteroatoms. The average molecular weight is 274 g/mol. The van der Waals surface area contributed by atoms with Crippen molar-refractivity contribution >= 4 is 17.6 Å². The van der Waals surface area contributed by atoms with Gasteiger partial charge < -0.3 is 15.3 Å². The first kappa shape index (κ1) is 13.0. The number of hydrogen-bond acceptors (Lipinski definition) is 3. The smallest absolute Gasteiger partial charge is 0.308 e. The largest absolute Gasteiger partial charge is 0.481 e. The summed E-state index contributed by atoms with van der Waals surface area (Å²) in [4.78, 5) is 25.2. The lowest BCUT2D eigenvalue weighted by Gasteiger charge is -2.30. The molecule has 0 spiro atoms. The Bertz CT molecular complexity index is 556. The summed E-state index contributed by atoms with van der Waals surface area (Å²) < 4.78 is 0. The molecule has 0 saturated carbocycles. The number of aliphatic carboxylic acids is 1. The van der Waals surface area contributed by atoms with Crippen LogP contribution in [0.15, 0.2) is 18.2 Å². The minimum absolute atomic E-state index is 0.0625. The second-order valence-corrected chi connectivity index (χ2v) is 5.48. The van der Waals surface area contributed by atoms with Crippen LogP contribution in [0.3, 0.4) is 0 Å². The summed E-state index contributed by atoms with van der Waals surface area (Å²) >= 11 is 0. The van der Waals surface area contributed by atoms with Gasteiger partial charge >= 0.3 is 5.97 Å². The van der Waals surface area contributed by atoms with E-state index in [2.05, 4.69) is 5.32 Å². The van der Waals surface area contributed by atoms with Gasteiger partial charge in [-0.25, -0.2) is 0 Å². The topological polar surface area (TPSA) is 69.6 Å². The van der Waals surface area contributed by atoms with Gasteiger partial charge in [-0.3, -0.25) is 9.59 Å². The summed E-state index contributed by atoms with van der Waals surface area (Å²) in [5.74, 6) is -1.30. The molecule has 0 bridgehead atoms. The second kappa shape index (κ2) is 5.15. The summed E-state index contributed by atoms with van der Waals surface area (Å²) in [5, 5.41) is 12.3. The van der Waals surface area contributed by atoms with Crippen LogP contribution in [0.4, 0.5) is 5.69 Å². The van der Waals surface area contributed by atoms with E-state index >= 15 is 0 Å². The van der Waals surface area contributed by atoms with Crippen LogP contribution in [0.25, 0.3) is 0 Å². The highest BCUT2D eigenvalue weighted by Gasteiger charge is 2.29. The summed E-state index contributed by atoms with van der Waals surface area (Å²) in [6.45, 7) is 1.88. The molecular weight excluding hydrogens is 256 g/mol. The molecule has 3 rings (SSSR count). The van der Waals surface area contributed by atoms with E-state index in [-0.39, 0.29) is 5.91 Å². The molecule has 2 aliphatic rings. The Morgan fingerprint density at radius 2 is 2.20 bits per heavy atom. The summed E-state index contributed by atoms with van der Waals surface area (Å²) in [7, 11) is 0. The Kier molecular flexibility index (Phi) is 3.34. The number of carboxylic acids is 1. The Hall–Kier alpha value is -2.04. The number of anilines is 1. The predicted octanol–water partition coefficient (Wildman–Crippen LogP) is 1.59. The number of piperidine rings is 1. The minimum Gasteiger partial charge on any atom is -0.481 e. The van der Waals surface area contributed by atoms with Crippen LogP contribution >= 0.6 is 0 Å². The van der Waals surface area contributed by atoms with E-state index < -0.39 is 11.9 Å². The first-order valence-corrected chi connectivity index (χ1v) is 7.04. The van der Waals surface area contributed by atoms with Gasteiger partial charge in [0.05, 0.1) is 5.92 Å². The van der Waals surface area contributed by atoms with Crippen molar-refractivity contribution in [2.75, 3.05) is 25.0 Å². The molecule has 1 saturated heterocycles. The van der Waals surface area contributed by atoms with E-state index in [9.17, 15) is 9.59 Å². The van der Waals surface area contributed by atoms with Gasteiger partial charge in [-0.05, 0) is 37.0 Å². The van der Waals surface area contributed by atoms with Gasteiger partial charge in [-0.1, -0.05) is 6.07 Å². The maximum absolute atomic E-state index is 12.5. The molecule has 0 radical (unpaired) electrons. The number of carbonyl (C=O) groups excluding carboxylic acids is 1. The number of fused-ring (bicyclic) bond motifs is 1. The van der Waals surface area contributed by atoms with Crippen molar-refractivity contribution < 1.29 is 14.7 Å². The van der Waals surface area contributed by atoms with Gasteiger partial charge in [0, 0.05) is 30.9 Å². The van der Waals surface area contributed by atoms with Crippen LogP contribution in [-0.2, 0) is 11.2 Å². The summed E-state index contributed by atoms with van der Waals surface area (Å²) in [5.41, 5.74) is 2.91. The lowest BCUT2D eigenvalue weighted by molar-refractivity contribution is -0.143. The third-order valence-electron chi connectivity index (χ3n) is 4.12. The van der Waals surface area contributed by atoms with Gasteiger partial charge in [-0.2, -0.15) is 0 Å². The lowest BCUT2D eigenvalue weighted by Crippen LogP contribution is -2.42.